The molecule has 0 atom stereocenters. The quantitative estimate of drug-likeness (QED) is 0.647. The fourth-order valence-electron chi connectivity index (χ4n) is 1.86. The van der Waals surface area contributed by atoms with E-state index >= 15 is 0 Å². The molecule has 0 aliphatic heterocycles. The van der Waals surface area contributed by atoms with Crippen molar-refractivity contribution in [1.82, 2.24) is 0 Å². The van der Waals surface area contributed by atoms with E-state index < -0.39 is 0 Å². The molecule has 0 nitrogen and oxygen atoms in total. The second kappa shape index (κ2) is 4.48. The van der Waals surface area contributed by atoms with Gasteiger partial charge in [-0.1, -0.05) is 52.5 Å². The third kappa shape index (κ3) is 2.58. The van der Waals surface area contributed by atoms with Gasteiger partial charge in [0.15, 0.2) is 0 Å². The standard InChI is InChI=1S/C14H12Cl2/c1-9-3-10(2)5-11(4-9)12-6-13(15)8-14(16)7-12/h3-8H,1-2H3. The van der Waals surface area contributed by atoms with Crippen LogP contribution in [0.2, 0.25) is 10.0 Å². The van der Waals surface area contributed by atoms with Gasteiger partial charge in [-0.2, -0.15) is 0 Å². The lowest BCUT2D eigenvalue weighted by molar-refractivity contribution is 1.38. The molecule has 0 aliphatic carbocycles. The average Bonchev–Trinajstić information content (AvgIpc) is 2.14. The van der Waals surface area contributed by atoms with E-state index in [1.54, 1.807) is 6.07 Å². The average molecular weight is 251 g/mol. The van der Waals surface area contributed by atoms with Crippen LogP contribution in [0.4, 0.5) is 0 Å². The van der Waals surface area contributed by atoms with Gasteiger partial charge < -0.3 is 0 Å². The second-order valence-corrected chi connectivity index (χ2v) is 4.91. The zero-order valence-electron chi connectivity index (χ0n) is 9.22. The molecule has 0 spiro atoms. The van der Waals surface area contributed by atoms with Gasteiger partial charge in [-0.3, -0.25) is 0 Å². The van der Waals surface area contributed by atoms with E-state index in [9.17, 15) is 0 Å². The molecule has 2 heteroatoms. The highest BCUT2D eigenvalue weighted by atomic mass is 35.5. The number of halogens is 2. The summed E-state index contributed by atoms with van der Waals surface area (Å²) in [4.78, 5) is 0. The smallest absolute Gasteiger partial charge is 0.0426 e. The Hall–Kier alpha value is -0.980. The van der Waals surface area contributed by atoms with Crippen LogP contribution in [-0.2, 0) is 0 Å². The molecule has 2 rings (SSSR count). The van der Waals surface area contributed by atoms with Crippen molar-refractivity contribution >= 4 is 23.2 Å². The monoisotopic (exact) mass is 250 g/mol. The first-order chi connectivity index (χ1) is 7.54. The summed E-state index contributed by atoms with van der Waals surface area (Å²) >= 11 is 12.0. The van der Waals surface area contributed by atoms with Gasteiger partial charge in [0.25, 0.3) is 0 Å². The van der Waals surface area contributed by atoms with Gasteiger partial charge in [-0.15, -0.1) is 0 Å². The van der Waals surface area contributed by atoms with Crippen LogP contribution in [0.15, 0.2) is 36.4 Å². The lowest BCUT2D eigenvalue weighted by Gasteiger charge is -2.06. The van der Waals surface area contributed by atoms with Crippen LogP contribution >= 0.6 is 23.2 Å². The largest absolute Gasteiger partial charge is 0.0843 e. The summed E-state index contributed by atoms with van der Waals surface area (Å²) in [5, 5.41) is 1.34. The van der Waals surface area contributed by atoms with Crippen molar-refractivity contribution in [2.75, 3.05) is 0 Å². The Morgan fingerprint density at radius 3 is 1.56 bits per heavy atom. The molecule has 0 unspecified atom stereocenters. The number of hydrogen-bond donors (Lipinski definition) is 0. The fourth-order valence-corrected chi connectivity index (χ4v) is 2.39. The Labute approximate surface area is 106 Å². The third-order valence-electron chi connectivity index (χ3n) is 2.42. The van der Waals surface area contributed by atoms with Crippen LogP contribution < -0.4 is 0 Å². The molecule has 0 saturated carbocycles. The molecule has 0 amide bonds. The van der Waals surface area contributed by atoms with Crippen LogP contribution in [0.5, 0.6) is 0 Å². The van der Waals surface area contributed by atoms with Crippen molar-refractivity contribution in [2.24, 2.45) is 0 Å². The van der Waals surface area contributed by atoms with Crippen molar-refractivity contribution in [2.45, 2.75) is 13.8 Å². The van der Waals surface area contributed by atoms with E-state index in [2.05, 4.69) is 32.0 Å². The molecule has 2 aromatic rings. The summed E-state index contributed by atoms with van der Waals surface area (Å²) in [6.45, 7) is 4.17. The van der Waals surface area contributed by atoms with Crippen LogP contribution in [0.1, 0.15) is 11.1 Å². The van der Waals surface area contributed by atoms with Crippen molar-refractivity contribution in [3.8, 4) is 11.1 Å². The van der Waals surface area contributed by atoms with Gasteiger partial charge in [0.05, 0.1) is 0 Å². The Morgan fingerprint density at radius 2 is 1.06 bits per heavy atom. The Bertz CT molecular complexity index is 440. The summed E-state index contributed by atoms with van der Waals surface area (Å²) in [7, 11) is 0. The molecule has 16 heavy (non-hydrogen) atoms. The van der Waals surface area contributed by atoms with Gasteiger partial charge >= 0.3 is 0 Å². The molecule has 0 radical (unpaired) electrons. The maximum absolute atomic E-state index is 6.00. The number of aryl methyl sites for hydroxylation is 2. The predicted molar refractivity (Wildman–Crippen MR) is 71.4 cm³/mol. The van der Waals surface area contributed by atoms with Gasteiger partial charge in [-0.25, -0.2) is 0 Å². The van der Waals surface area contributed by atoms with E-state index in [-0.39, 0.29) is 0 Å². The lowest BCUT2D eigenvalue weighted by atomic mass is 10.0. The molecule has 0 bridgehead atoms. The van der Waals surface area contributed by atoms with Crippen LogP contribution in [-0.4, -0.2) is 0 Å². The number of hydrogen-bond acceptors (Lipinski definition) is 0. The Kier molecular flexibility index (Phi) is 3.22. The van der Waals surface area contributed by atoms with E-state index in [0.29, 0.717) is 10.0 Å². The summed E-state index contributed by atoms with van der Waals surface area (Å²) in [5.74, 6) is 0. The lowest BCUT2D eigenvalue weighted by Crippen LogP contribution is -1.83. The van der Waals surface area contributed by atoms with E-state index in [1.165, 1.54) is 11.1 Å². The van der Waals surface area contributed by atoms with Crippen molar-refractivity contribution in [3.63, 3.8) is 0 Å². The molecule has 0 saturated heterocycles. The van der Waals surface area contributed by atoms with Crippen molar-refractivity contribution in [1.29, 1.82) is 0 Å². The van der Waals surface area contributed by atoms with Gasteiger partial charge in [0.1, 0.15) is 0 Å². The van der Waals surface area contributed by atoms with Crippen LogP contribution in [0.25, 0.3) is 11.1 Å². The molecule has 0 N–H and O–H groups in total. The van der Waals surface area contributed by atoms with Crippen molar-refractivity contribution < 1.29 is 0 Å². The first-order valence-electron chi connectivity index (χ1n) is 5.09. The summed E-state index contributed by atoms with van der Waals surface area (Å²) in [6, 6.07) is 12.0. The Morgan fingerprint density at radius 1 is 0.625 bits per heavy atom. The van der Waals surface area contributed by atoms with Crippen LogP contribution in [0.3, 0.4) is 0 Å². The zero-order valence-corrected chi connectivity index (χ0v) is 10.7. The zero-order chi connectivity index (χ0) is 11.7. The maximum Gasteiger partial charge on any atom is 0.0426 e. The summed E-state index contributed by atoms with van der Waals surface area (Å²) in [5.41, 5.74) is 4.70. The molecular formula is C14H12Cl2. The molecule has 2 aromatic carbocycles. The highest BCUT2D eigenvalue weighted by molar-refractivity contribution is 6.35. The predicted octanol–water partition coefficient (Wildman–Crippen LogP) is 5.28. The highest BCUT2D eigenvalue weighted by Crippen LogP contribution is 2.28. The third-order valence-corrected chi connectivity index (χ3v) is 2.85. The molecule has 82 valence electrons. The first-order valence-corrected chi connectivity index (χ1v) is 5.85. The second-order valence-electron chi connectivity index (χ2n) is 4.03. The van der Waals surface area contributed by atoms with Crippen molar-refractivity contribution in [3.05, 3.63) is 57.6 Å². The minimum Gasteiger partial charge on any atom is -0.0843 e. The van der Waals surface area contributed by atoms with E-state index in [4.69, 9.17) is 23.2 Å². The number of rotatable bonds is 1. The minimum atomic E-state index is 0.668. The van der Waals surface area contributed by atoms with Gasteiger partial charge in [0, 0.05) is 10.0 Å². The molecule has 0 aliphatic rings. The molecule has 0 fully saturated rings. The van der Waals surface area contributed by atoms with Gasteiger partial charge in [-0.05, 0) is 43.2 Å². The van der Waals surface area contributed by atoms with E-state index in [1.807, 2.05) is 12.1 Å². The SMILES string of the molecule is Cc1cc(C)cc(-c2cc(Cl)cc(Cl)c2)c1. The maximum atomic E-state index is 6.00. The first kappa shape index (κ1) is 11.5. The molecule has 0 heterocycles. The topological polar surface area (TPSA) is 0 Å². The van der Waals surface area contributed by atoms with Crippen LogP contribution in [0, 0.1) is 13.8 Å². The highest BCUT2D eigenvalue weighted by Gasteiger charge is 2.02. The summed E-state index contributed by atoms with van der Waals surface area (Å²) in [6.07, 6.45) is 0. The Balaban J connectivity index is 2.57. The molecule has 0 aromatic heterocycles. The van der Waals surface area contributed by atoms with Gasteiger partial charge in [0.2, 0.25) is 0 Å². The molecular weight excluding hydrogens is 239 g/mol. The van der Waals surface area contributed by atoms with E-state index in [0.717, 1.165) is 11.1 Å². The summed E-state index contributed by atoms with van der Waals surface area (Å²) < 4.78 is 0. The normalized spacial score (nSPS) is 10.5. The fraction of sp³-hybridized carbons (Fsp3) is 0.143. The number of benzene rings is 2. The minimum absolute atomic E-state index is 0.668.